The molecule has 2 atom stereocenters. The van der Waals surface area contributed by atoms with Gasteiger partial charge in [-0.2, -0.15) is 0 Å². The Morgan fingerprint density at radius 1 is 1.24 bits per heavy atom. The van der Waals surface area contributed by atoms with Crippen LogP contribution in [0.15, 0.2) is 18.5 Å². The van der Waals surface area contributed by atoms with Crippen molar-refractivity contribution in [3.05, 3.63) is 24.0 Å². The number of ether oxygens (including phenoxy) is 2. The Balaban J connectivity index is 2.57. The van der Waals surface area contributed by atoms with E-state index in [9.17, 15) is 9.90 Å². The summed E-state index contributed by atoms with van der Waals surface area (Å²) in [7, 11) is 1.71. The predicted octanol–water partition coefficient (Wildman–Crippen LogP) is 3.94. The van der Waals surface area contributed by atoms with Gasteiger partial charge in [-0.05, 0) is 60.5 Å². The number of amides is 1. The van der Waals surface area contributed by atoms with Gasteiger partial charge in [-0.15, -0.1) is 0 Å². The number of nitrogens with zero attached hydrogens (tertiary/aromatic N) is 2. The summed E-state index contributed by atoms with van der Waals surface area (Å²) in [6.07, 6.45) is 3.47. The molecule has 2 unspecified atom stereocenters. The molecule has 0 radical (unpaired) electrons. The highest BCUT2D eigenvalue weighted by Gasteiger charge is 2.23. The lowest BCUT2D eigenvalue weighted by Crippen LogP contribution is -2.39. The molecule has 0 fully saturated rings. The number of aliphatic hydroxyl groups excluding tert-OH is 1. The van der Waals surface area contributed by atoms with E-state index in [1.54, 1.807) is 30.4 Å². The van der Waals surface area contributed by atoms with Crippen molar-refractivity contribution < 1.29 is 19.4 Å². The van der Waals surface area contributed by atoms with E-state index in [-0.39, 0.29) is 18.2 Å². The maximum absolute atomic E-state index is 12.1. The molecular weight excluding hydrogens is 320 g/mol. The van der Waals surface area contributed by atoms with E-state index in [1.807, 2.05) is 41.5 Å². The Kier molecular flexibility index (Phi) is 7.67. The van der Waals surface area contributed by atoms with Crippen molar-refractivity contribution in [1.29, 1.82) is 0 Å². The van der Waals surface area contributed by atoms with Crippen LogP contribution in [0.3, 0.4) is 0 Å². The Morgan fingerprint density at radius 3 is 2.44 bits per heavy atom. The number of aromatic nitrogens is 1. The molecule has 0 saturated carbocycles. The van der Waals surface area contributed by atoms with Crippen LogP contribution in [0.5, 0.6) is 5.75 Å². The van der Waals surface area contributed by atoms with Crippen LogP contribution in [0.1, 0.15) is 66.1 Å². The molecule has 6 heteroatoms. The van der Waals surface area contributed by atoms with Crippen LogP contribution >= 0.6 is 0 Å². The molecule has 1 heterocycles. The van der Waals surface area contributed by atoms with Crippen LogP contribution in [0.2, 0.25) is 0 Å². The predicted molar refractivity (Wildman–Crippen MR) is 97.7 cm³/mol. The molecule has 0 aliphatic carbocycles. The van der Waals surface area contributed by atoms with Crippen LogP contribution in [-0.2, 0) is 4.74 Å². The summed E-state index contributed by atoms with van der Waals surface area (Å²) in [4.78, 5) is 17.8. The Morgan fingerprint density at radius 2 is 1.88 bits per heavy atom. The number of hydrogen-bond donors (Lipinski definition) is 1. The third kappa shape index (κ3) is 7.73. The van der Waals surface area contributed by atoms with Crippen LogP contribution in [0, 0.1) is 0 Å². The summed E-state index contributed by atoms with van der Waals surface area (Å²) in [6, 6.07) is 1.76. The van der Waals surface area contributed by atoms with Crippen LogP contribution in [-0.4, -0.2) is 45.9 Å². The van der Waals surface area contributed by atoms with Gasteiger partial charge in [-0.1, -0.05) is 0 Å². The summed E-state index contributed by atoms with van der Waals surface area (Å²) in [5, 5.41) is 10.4. The number of carbonyl (C=O) groups excluding carboxylic acids is 1. The molecule has 0 bridgehead atoms. The topological polar surface area (TPSA) is 71.9 Å². The van der Waals surface area contributed by atoms with Crippen molar-refractivity contribution in [3.8, 4) is 5.75 Å². The van der Waals surface area contributed by atoms with Gasteiger partial charge >= 0.3 is 6.09 Å². The Hall–Kier alpha value is -1.82. The molecule has 1 N–H and O–H groups in total. The minimum Gasteiger partial charge on any atom is -0.489 e. The highest BCUT2D eigenvalue weighted by Crippen LogP contribution is 2.23. The van der Waals surface area contributed by atoms with E-state index in [0.29, 0.717) is 24.2 Å². The molecule has 142 valence electrons. The molecule has 1 aromatic rings. The van der Waals surface area contributed by atoms with E-state index < -0.39 is 11.7 Å². The van der Waals surface area contributed by atoms with E-state index in [1.165, 1.54) is 0 Å². The zero-order chi connectivity index (χ0) is 19.2. The molecule has 25 heavy (non-hydrogen) atoms. The highest BCUT2D eigenvalue weighted by atomic mass is 16.6. The van der Waals surface area contributed by atoms with Crippen LogP contribution in [0.25, 0.3) is 0 Å². The minimum absolute atomic E-state index is 0.0486. The molecular formula is C19H32N2O4. The number of rotatable bonds is 7. The van der Waals surface area contributed by atoms with Crippen molar-refractivity contribution in [2.45, 2.75) is 78.2 Å². The van der Waals surface area contributed by atoms with Crippen LogP contribution in [0.4, 0.5) is 4.79 Å². The molecule has 6 nitrogen and oxygen atoms in total. The summed E-state index contributed by atoms with van der Waals surface area (Å²) in [5.41, 5.74) is 0.192. The second-order valence-electron chi connectivity index (χ2n) is 7.65. The van der Waals surface area contributed by atoms with Crippen molar-refractivity contribution in [1.82, 2.24) is 9.88 Å². The fourth-order valence-corrected chi connectivity index (χ4v) is 2.23. The summed E-state index contributed by atoms with van der Waals surface area (Å²) >= 11 is 0. The minimum atomic E-state index is -0.655. The Bertz CT molecular complexity index is 555. The van der Waals surface area contributed by atoms with Crippen molar-refractivity contribution in [3.63, 3.8) is 0 Å². The smallest absolute Gasteiger partial charge is 0.410 e. The fraction of sp³-hybridized carbons (Fsp3) is 0.684. The second-order valence-corrected chi connectivity index (χ2v) is 7.65. The van der Waals surface area contributed by atoms with Crippen LogP contribution < -0.4 is 4.74 Å². The quantitative estimate of drug-likeness (QED) is 0.805. The lowest BCUT2D eigenvalue weighted by atomic mass is 10.0. The van der Waals surface area contributed by atoms with Gasteiger partial charge in [-0.3, -0.25) is 4.98 Å². The normalized spacial score (nSPS) is 14.1. The number of pyridine rings is 1. The van der Waals surface area contributed by atoms with Gasteiger partial charge in [0.1, 0.15) is 11.4 Å². The van der Waals surface area contributed by atoms with E-state index in [0.717, 1.165) is 0 Å². The fourth-order valence-electron chi connectivity index (χ4n) is 2.23. The first-order chi connectivity index (χ1) is 11.5. The van der Waals surface area contributed by atoms with Gasteiger partial charge in [0.15, 0.2) is 0 Å². The molecule has 0 spiro atoms. The van der Waals surface area contributed by atoms with E-state index in [4.69, 9.17) is 9.47 Å². The second kappa shape index (κ2) is 9.04. The van der Waals surface area contributed by atoms with E-state index >= 15 is 0 Å². The largest absolute Gasteiger partial charge is 0.489 e. The van der Waals surface area contributed by atoms with E-state index in [2.05, 4.69) is 4.98 Å². The first-order valence-corrected chi connectivity index (χ1v) is 8.75. The zero-order valence-corrected chi connectivity index (χ0v) is 16.4. The molecule has 1 rings (SSSR count). The lowest BCUT2D eigenvalue weighted by molar-refractivity contribution is 0.0215. The van der Waals surface area contributed by atoms with Gasteiger partial charge in [0, 0.05) is 24.8 Å². The summed E-state index contributed by atoms with van der Waals surface area (Å²) < 4.78 is 11.0. The zero-order valence-electron chi connectivity index (χ0n) is 16.4. The van der Waals surface area contributed by atoms with Crippen molar-refractivity contribution >= 4 is 6.09 Å². The number of carbonyl (C=O) groups is 1. The standard InChI is InChI=1S/C19H32N2O4/c1-13(2)24-16-10-15(11-20-12-16)17(22)9-8-14(3)21(7)18(23)25-19(4,5)6/h10-14,17,22H,8-9H2,1-7H3. The van der Waals surface area contributed by atoms with Gasteiger partial charge in [0.05, 0.1) is 18.4 Å². The maximum atomic E-state index is 12.1. The number of hydrogen-bond acceptors (Lipinski definition) is 5. The van der Waals surface area contributed by atoms with Gasteiger partial charge < -0.3 is 19.5 Å². The Labute approximate surface area is 151 Å². The van der Waals surface area contributed by atoms with Gasteiger partial charge in [0.2, 0.25) is 0 Å². The SMILES string of the molecule is CC(C)Oc1cncc(C(O)CCC(C)N(C)C(=O)OC(C)(C)C)c1. The summed E-state index contributed by atoms with van der Waals surface area (Å²) in [6.45, 7) is 11.3. The molecule has 1 aromatic heterocycles. The average molecular weight is 352 g/mol. The van der Waals surface area contributed by atoms with Gasteiger partial charge in [-0.25, -0.2) is 4.79 Å². The maximum Gasteiger partial charge on any atom is 0.410 e. The van der Waals surface area contributed by atoms with Crippen molar-refractivity contribution in [2.24, 2.45) is 0 Å². The lowest BCUT2D eigenvalue weighted by Gasteiger charge is -2.29. The molecule has 0 aromatic carbocycles. The third-order valence-corrected chi connectivity index (χ3v) is 3.69. The first kappa shape index (κ1) is 21.2. The van der Waals surface area contributed by atoms with Gasteiger partial charge in [0.25, 0.3) is 0 Å². The molecule has 0 aliphatic heterocycles. The molecule has 0 aliphatic rings. The van der Waals surface area contributed by atoms with Crippen molar-refractivity contribution in [2.75, 3.05) is 7.05 Å². The monoisotopic (exact) mass is 352 g/mol. The molecule has 1 amide bonds. The first-order valence-electron chi connectivity index (χ1n) is 8.75. The highest BCUT2D eigenvalue weighted by molar-refractivity contribution is 5.68. The molecule has 0 saturated heterocycles. The third-order valence-electron chi connectivity index (χ3n) is 3.69. The summed E-state index contributed by atoms with van der Waals surface area (Å²) in [5.74, 6) is 0.644. The average Bonchev–Trinajstić information content (AvgIpc) is 2.49. The number of aliphatic hydroxyl groups is 1.